The highest BCUT2D eigenvalue weighted by Gasteiger charge is 2.22. The molecule has 2 aromatic carbocycles. The predicted molar refractivity (Wildman–Crippen MR) is 125 cm³/mol. The first-order valence-corrected chi connectivity index (χ1v) is 11.2. The molecule has 4 rings (SSSR count). The number of carboxylic acid groups (broad SMARTS) is 2. The molecule has 0 aliphatic carbocycles. The molecule has 33 heavy (non-hydrogen) atoms. The van der Waals surface area contributed by atoms with Gasteiger partial charge < -0.3 is 24.8 Å². The van der Waals surface area contributed by atoms with Crippen molar-refractivity contribution in [3.8, 4) is 0 Å². The summed E-state index contributed by atoms with van der Waals surface area (Å²) in [5, 5.41) is 23.9. The topological polar surface area (TPSA) is 116 Å². The van der Waals surface area contributed by atoms with Gasteiger partial charge in [0.05, 0.1) is 17.6 Å². The Hall–Kier alpha value is -3.23. The van der Waals surface area contributed by atoms with Crippen LogP contribution in [0.5, 0.6) is 0 Å². The first kappa shape index (κ1) is 24.4. The molecule has 2 heterocycles. The summed E-state index contributed by atoms with van der Waals surface area (Å²) in [5.74, 6) is -1.77. The van der Waals surface area contributed by atoms with Gasteiger partial charge in [0, 0.05) is 19.5 Å². The van der Waals surface area contributed by atoms with Crippen molar-refractivity contribution in [2.24, 2.45) is 5.92 Å². The Morgan fingerprint density at radius 1 is 1.00 bits per heavy atom. The van der Waals surface area contributed by atoms with E-state index in [2.05, 4.69) is 64.9 Å². The molecule has 3 aromatic rings. The van der Waals surface area contributed by atoms with Crippen LogP contribution in [0.4, 0.5) is 0 Å². The Labute approximate surface area is 193 Å². The van der Waals surface area contributed by atoms with Crippen molar-refractivity contribution in [1.82, 2.24) is 14.5 Å². The number of aliphatic carboxylic acids is 2. The number of carbonyl (C=O) groups is 2. The van der Waals surface area contributed by atoms with Crippen molar-refractivity contribution >= 4 is 23.0 Å². The Bertz CT molecular complexity index is 1060. The van der Waals surface area contributed by atoms with Crippen LogP contribution < -0.4 is 0 Å². The first-order valence-electron chi connectivity index (χ1n) is 11.2. The summed E-state index contributed by atoms with van der Waals surface area (Å²) >= 11 is 0. The van der Waals surface area contributed by atoms with E-state index in [0.717, 1.165) is 38.1 Å². The number of nitrogens with zero attached hydrogens (tertiary/aromatic N) is 3. The maximum atomic E-state index is 9.14. The second-order valence-electron chi connectivity index (χ2n) is 8.41. The SMILES string of the molecule is Cc1ccc(Cn2c(CC3CCN(CCO)CC3)nc3ccccc32)cc1.O=C(O)C(=O)O. The van der Waals surface area contributed by atoms with Crippen LogP contribution in [0.2, 0.25) is 0 Å². The van der Waals surface area contributed by atoms with Crippen LogP contribution in [-0.4, -0.2) is 68.0 Å². The number of hydrogen-bond donors (Lipinski definition) is 3. The Morgan fingerprint density at radius 3 is 2.24 bits per heavy atom. The van der Waals surface area contributed by atoms with Gasteiger partial charge in [-0.3, -0.25) is 0 Å². The largest absolute Gasteiger partial charge is 0.473 e. The van der Waals surface area contributed by atoms with Crippen LogP contribution in [0.1, 0.15) is 29.8 Å². The van der Waals surface area contributed by atoms with Crippen LogP contribution in [0.15, 0.2) is 48.5 Å². The van der Waals surface area contributed by atoms with Gasteiger partial charge in [-0.25, -0.2) is 14.6 Å². The second-order valence-corrected chi connectivity index (χ2v) is 8.41. The lowest BCUT2D eigenvalue weighted by Crippen LogP contribution is -2.36. The van der Waals surface area contributed by atoms with Crippen LogP contribution in [0, 0.1) is 12.8 Å². The van der Waals surface area contributed by atoms with E-state index in [1.807, 2.05) is 0 Å². The highest BCUT2D eigenvalue weighted by atomic mass is 16.4. The molecule has 0 bridgehead atoms. The number of imidazole rings is 1. The minimum Gasteiger partial charge on any atom is -0.473 e. The fourth-order valence-electron chi connectivity index (χ4n) is 4.15. The molecule has 1 aliphatic heterocycles. The zero-order valence-corrected chi connectivity index (χ0v) is 18.9. The van der Waals surface area contributed by atoms with Crippen molar-refractivity contribution < 1.29 is 24.9 Å². The van der Waals surface area contributed by atoms with E-state index in [9.17, 15) is 0 Å². The van der Waals surface area contributed by atoms with Crippen LogP contribution >= 0.6 is 0 Å². The molecule has 1 aliphatic rings. The number of piperidine rings is 1. The highest BCUT2D eigenvalue weighted by Crippen LogP contribution is 2.25. The van der Waals surface area contributed by atoms with Gasteiger partial charge >= 0.3 is 11.9 Å². The third kappa shape index (κ3) is 6.87. The van der Waals surface area contributed by atoms with Gasteiger partial charge in [0.25, 0.3) is 0 Å². The third-order valence-corrected chi connectivity index (χ3v) is 5.97. The van der Waals surface area contributed by atoms with Crippen molar-refractivity contribution in [2.75, 3.05) is 26.2 Å². The molecule has 0 spiro atoms. The molecule has 0 unspecified atom stereocenters. The standard InChI is InChI=1S/C23H29N3O.C2H2O4/c1-18-6-8-20(9-7-18)17-26-22-5-3-2-4-21(22)24-23(26)16-19-10-12-25(13-11-19)14-15-27;3-1(4)2(5)6/h2-9,19,27H,10-17H2,1H3;(H,3,4)(H,5,6). The quantitative estimate of drug-likeness (QED) is 0.492. The Kier molecular flexibility index (Phi) is 8.57. The predicted octanol–water partition coefficient (Wildman–Crippen LogP) is 2.80. The zero-order chi connectivity index (χ0) is 23.8. The van der Waals surface area contributed by atoms with Crippen molar-refractivity contribution in [1.29, 1.82) is 0 Å². The minimum atomic E-state index is -1.82. The van der Waals surface area contributed by atoms with E-state index in [1.54, 1.807) is 0 Å². The average Bonchev–Trinajstić information content (AvgIpc) is 3.14. The number of aliphatic hydroxyl groups is 1. The van der Waals surface area contributed by atoms with Gasteiger partial charge in [0.15, 0.2) is 0 Å². The van der Waals surface area contributed by atoms with Gasteiger partial charge in [0.1, 0.15) is 5.82 Å². The molecule has 1 saturated heterocycles. The number of likely N-dealkylation sites (tertiary alicyclic amines) is 1. The van der Waals surface area contributed by atoms with E-state index in [4.69, 9.17) is 29.9 Å². The second kappa shape index (κ2) is 11.6. The summed E-state index contributed by atoms with van der Waals surface area (Å²) in [6.45, 7) is 6.24. The number of rotatable bonds is 6. The number of para-hydroxylation sites is 2. The molecule has 0 radical (unpaired) electrons. The number of aryl methyl sites for hydroxylation is 1. The smallest absolute Gasteiger partial charge is 0.414 e. The molecule has 1 fully saturated rings. The fourth-order valence-corrected chi connectivity index (χ4v) is 4.15. The minimum absolute atomic E-state index is 0.261. The van der Waals surface area contributed by atoms with Gasteiger partial charge in [-0.2, -0.15) is 0 Å². The molecule has 176 valence electrons. The lowest BCUT2D eigenvalue weighted by Gasteiger charge is -2.31. The van der Waals surface area contributed by atoms with Gasteiger partial charge in [-0.05, 0) is 56.5 Å². The summed E-state index contributed by atoms with van der Waals surface area (Å²) in [5.41, 5.74) is 4.94. The molecule has 8 nitrogen and oxygen atoms in total. The van der Waals surface area contributed by atoms with E-state index in [0.29, 0.717) is 5.92 Å². The number of β-amino-alcohol motifs (C(OH)–C–C–N with tert-alkyl or cyclic N) is 1. The summed E-state index contributed by atoms with van der Waals surface area (Å²) < 4.78 is 2.40. The lowest BCUT2D eigenvalue weighted by atomic mass is 9.93. The maximum absolute atomic E-state index is 9.14. The van der Waals surface area contributed by atoms with Crippen molar-refractivity contribution in [2.45, 2.75) is 32.7 Å². The number of hydrogen-bond acceptors (Lipinski definition) is 5. The van der Waals surface area contributed by atoms with Crippen LogP contribution in [0.3, 0.4) is 0 Å². The van der Waals surface area contributed by atoms with E-state index in [1.165, 1.54) is 35.3 Å². The molecule has 1 aromatic heterocycles. The van der Waals surface area contributed by atoms with E-state index >= 15 is 0 Å². The number of aromatic nitrogens is 2. The molecule has 3 N–H and O–H groups in total. The lowest BCUT2D eigenvalue weighted by molar-refractivity contribution is -0.159. The number of aliphatic hydroxyl groups excluding tert-OH is 1. The Morgan fingerprint density at radius 2 is 1.64 bits per heavy atom. The molecule has 0 saturated carbocycles. The van der Waals surface area contributed by atoms with E-state index < -0.39 is 11.9 Å². The highest BCUT2D eigenvalue weighted by molar-refractivity contribution is 6.27. The number of benzene rings is 2. The maximum Gasteiger partial charge on any atom is 0.414 e. The summed E-state index contributed by atoms with van der Waals surface area (Å²) in [6.07, 6.45) is 3.41. The molecule has 0 atom stereocenters. The summed E-state index contributed by atoms with van der Waals surface area (Å²) in [4.78, 5) is 25.6. The first-order chi connectivity index (χ1) is 15.9. The average molecular weight is 454 g/mol. The van der Waals surface area contributed by atoms with Crippen LogP contribution in [-0.2, 0) is 22.6 Å². The van der Waals surface area contributed by atoms with Gasteiger partial charge in [0.2, 0.25) is 0 Å². The monoisotopic (exact) mass is 453 g/mol. The normalized spacial score (nSPS) is 14.6. The number of fused-ring (bicyclic) bond motifs is 1. The third-order valence-electron chi connectivity index (χ3n) is 5.97. The summed E-state index contributed by atoms with van der Waals surface area (Å²) in [6, 6.07) is 17.3. The molecular weight excluding hydrogens is 422 g/mol. The fraction of sp³-hybridized carbons (Fsp3) is 0.400. The molecule has 8 heteroatoms. The van der Waals surface area contributed by atoms with Crippen LogP contribution in [0.25, 0.3) is 11.0 Å². The summed E-state index contributed by atoms with van der Waals surface area (Å²) in [7, 11) is 0. The number of carboxylic acids is 2. The molecular formula is C25H31N3O5. The van der Waals surface area contributed by atoms with Crippen molar-refractivity contribution in [3.63, 3.8) is 0 Å². The zero-order valence-electron chi connectivity index (χ0n) is 18.9. The molecule has 0 amide bonds. The Balaban J connectivity index is 0.000000454. The van der Waals surface area contributed by atoms with Gasteiger partial charge in [-0.15, -0.1) is 0 Å². The van der Waals surface area contributed by atoms with E-state index in [-0.39, 0.29) is 6.61 Å². The van der Waals surface area contributed by atoms with Crippen molar-refractivity contribution in [3.05, 3.63) is 65.5 Å². The van der Waals surface area contributed by atoms with Gasteiger partial charge in [-0.1, -0.05) is 42.0 Å².